The summed E-state index contributed by atoms with van der Waals surface area (Å²) in [7, 11) is 0. The summed E-state index contributed by atoms with van der Waals surface area (Å²) in [5, 5.41) is 3.98. The quantitative estimate of drug-likeness (QED) is 0.451. The van der Waals surface area contributed by atoms with Crippen LogP contribution in [0.5, 0.6) is 5.75 Å². The molecule has 0 saturated carbocycles. The lowest BCUT2D eigenvalue weighted by Gasteiger charge is -2.07. The van der Waals surface area contributed by atoms with Crippen molar-refractivity contribution in [2.24, 2.45) is 5.10 Å². The first-order chi connectivity index (χ1) is 13.1. The first-order valence-corrected chi connectivity index (χ1v) is 9.27. The van der Waals surface area contributed by atoms with E-state index < -0.39 is 0 Å². The normalized spacial score (nSPS) is 10.7. The third-order valence-corrected chi connectivity index (χ3v) is 4.49. The standard InChI is InChI=1S/C22H19BrN2O2/c1-16-7-12-21(20(23)13-16)27-15-22(26)25-24-14-17-8-10-19(11-9-17)18-5-3-2-4-6-18/h2-14H,15H2,1H3,(H,25,26)/b24-14+. The number of hydrogen-bond donors (Lipinski definition) is 1. The summed E-state index contributed by atoms with van der Waals surface area (Å²) in [6, 6.07) is 23.8. The van der Waals surface area contributed by atoms with Crippen molar-refractivity contribution < 1.29 is 9.53 Å². The molecule has 1 N–H and O–H groups in total. The zero-order valence-electron chi connectivity index (χ0n) is 14.9. The van der Waals surface area contributed by atoms with E-state index in [2.05, 4.69) is 38.6 Å². The van der Waals surface area contributed by atoms with Crippen LogP contribution in [-0.2, 0) is 4.79 Å². The second kappa shape index (κ2) is 9.14. The highest BCUT2D eigenvalue weighted by Gasteiger charge is 2.05. The summed E-state index contributed by atoms with van der Waals surface area (Å²) in [5.41, 5.74) is 6.78. The molecule has 0 heterocycles. The van der Waals surface area contributed by atoms with E-state index in [0.29, 0.717) is 5.75 Å². The highest BCUT2D eigenvalue weighted by molar-refractivity contribution is 9.10. The predicted molar refractivity (Wildman–Crippen MR) is 112 cm³/mol. The van der Waals surface area contributed by atoms with Crippen LogP contribution in [0.3, 0.4) is 0 Å². The number of halogens is 1. The minimum Gasteiger partial charge on any atom is -0.483 e. The van der Waals surface area contributed by atoms with Crippen molar-refractivity contribution in [3.05, 3.63) is 88.4 Å². The number of ether oxygens (including phenoxy) is 1. The van der Waals surface area contributed by atoms with E-state index in [1.54, 1.807) is 6.21 Å². The Hall–Kier alpha value is -2.92. The molecule has 0 saturated heterocycles. The topological polar surface area (TPSA) is 50.7 Å². The first-order valence-electron chi connectivity index (χ1n) is 8.48. The van der Waals surface area contributed by atoms with Crippen molar-refractivity contribution in [3.63, 3.8) is 0 Å². The van der Waals surface area contributed by atoms with Crippen LogP contribution in [0.2, 0.25) is 0 Å². The Bertz CT molecular complexity index is 938. The number of hydrogen-bond acceptors (Lipinski definition) is 3. The molecule has 4 nitrogen and oxygen atoms in total. The summed E-state index contributed by atoms with van der Waals surface area (Å²) in [5.74, 6) is 0.302. The number of benzene rings is 3. The van der Waals surface area contributed by atoms with Crippen molar-refractivity contribution >= 4 is 28.1 Å². The number of amides is 1. The monoisotopic (exact) mass is 422 g/mol. The average molecular weight is 423 g/mol. The van der Waals surface area contributed by atoms with Gasteiger partial charge in [-0.05, 0) is 57.2 Å². The van der Waals surface area contributed by atoms with Gasteiger partial charge in [0.05, 0.1) is 10.7 Å². The van der Waals surface area contributed by atoms with Crippen LogP contribution in [0.15, 0.2) is 82.4 Å². The summed E-state index contributed by atoms with van der Waals surface area (Å²) in [6.07, 6.45) is 1.61. The fourth-order valence-electron chi connectivity index (χ4n) is 2.47. The number of hydrazone groups is 1. The zero-order chi connectivity index (χ0) is 19.1. The zero-order valence-corrected chi connectivity index (χ0v) is 16.4. The van der Waals surface area contributed by atoms with Crippen molar-refractivity contribution in [1.82, 2.24) is 5.43 Å². The number of aryl methyl sites for hydroxylation is 1. The molecule has 0 spiro atoms. The molecule has 0 atom stereocenters. The maximum Gasteiger partial charge on any atom is 0.277 e. The molecule has 5 heteroatoms. The minimum atomic E-state index is -0.320. The summed E-state index contributed by atoms with van der Waals surface area (Å²) in [4.78, 5) is 11.9. The fraction of sp³-hybridized carbons (Fsp3) is 0.0909. The van der Waals surface area contributed by atoms with Gasteiger partial charge in [-0.15, -0.1) is 0 Å². The Labute approximate surface area is 167 Å². The molecular formula is C22H19BrN2O2. The molecule has 0 bridgehead atoms. The number of nitrogens with zero attached hydrogens (tertiary/aromatic N) is 1. The van der Waals surface area contributed by atoms with Crippen molar-refractivity contribution in [2.45, 2.75) is 6.92 Å². The molecule has 0 aromatic heterocycles. The van der Waals surface area contributed by atoms with Crippen molar-refractivity contribution in [3.8, 4) is 16.9 Å². The minimum absolute atomic E-state index is 0.105. The maximum absolute atomic E-state index is 11.9. The first kappa shape index (κ1) is 18.9. The second-order valence-corrected chi connectivity index (χ2v) is 6.86. The van der Waals surface area contributed by atoms with E-state index in [1.165, 1.54) is 0 Å². The smallest absolute Gasteiger partial charge is 0.277 e. The number of nitrogens with one attached hydrogen (secondary N) is 1. The van der Waals surface area contributed by atoms with Crippen LogP contribution in [0.1, 0.15) is 11.1 Å². The van der Waals surface area contributed by atoms with E-state index in [0.717, 1.165) is 26.7 Å². The van der Waals surface area contributed by atoms with E-state index in [1.807, 2.05) is 67.6 Å². The van der Waals surface area contributed by atoms with E-state index in [9.17, 15) is 4.79 Å². The van der Waals surface area contributed by atoms with Gasteiger partial charge in [-0.3, -0.25) is 4.79 Å². The van der Waals surface area contributed by atoms with E-state index in [4.69, 9.17) is 4.74 Å². The Morgan fingerprint density at radius 3 is 2.44 bits per heavy atom. The molecule has 0 unspecified atom stereocenters. The van der Waals surface area contributed by atoms with Gasteiger partial charge in [0.15, 0.2) is 6.61 Å². The Morgan fingerprint density at radius 1 is 1.04 bits per heavy atom. The molecule has 0 aliphatic carbocycles. The van der Waals surface area contributed by atoms with Gasteiger partial charge < -0.3 is 4.74 Å². The van der Waals surface area contributed by atoms with Crippen LogP contribution in [0.4, 0.5) is 0 Å². The number of rotatable bonds is 6. The van der Waals surface area contributed by atoms with Gasteiger partial charge in [-0.1, -0.05) is 60.7 Å². The van der Waals surface area contributed by atoms with E-state index in [-0.39, 0.29) is 12.5 Å². The van der Waals surface area contributed by atoms with Gasteiger partial charge >= 0.3 is 0 Å². The Morgan fingerprint density at radius 2 is 1.74 bits per heavy atom. The summed E-state index contributed by atoms with van der Waals surface area (Å²) >= 11 is 3.42. The van der Waals surface area contributed by atoms with Crippen LogP contribution >= 0.6 is 15.9 Å². The van der Waals surface area contributed by atoms with E-state index >= 15 is 0 Å². The Balaban J connectivity index is 1.50. The lowest BCUT2D eigenvalue weighted by molar-refractivity contribution is -0.123. The van der Waals surface area contributed by atoms with Crippen LogP contribution in [0, 0.1) is 6.92 Å². The third-order valence-electron chi connectivity index (χ3n) is 3.87. The van der Waals surface area contributed by atoms with Gasteiger partial charge in [0.1, 0.15) is 5.75 Å². The number of carbonyl (C=O) groups is 1. The van der Waals surface area contributed by atoms with Crippen molar-refractivity contribution in [2.75, 3.05) is 6.61 Å². The number of carbonyl (C=O) groups excluding carboxylic acids is 1. The van der Waals surface area contributed by atoms with Gasteiger partial charge in [0.25, 0.3) is 5.91 Å². The molecule has 3 aromatic rings. The predicted octanol–water partition coefficient (Wildman–Crippen LogP) is 4.95. The lowest BCUT2D eigenvalue weighted by Crippen LogP contribution is -2.24. The second-order valence-electron chi connectivity index (χ2n) is 6.00. The van der Waals surface area contributed by atoms with Crippen molar-refractivity contribution in [1.29, 1.82) is 0 Å². The van der Waals surface area contributed by atoms with Crippen LogP contribution in [-0.4, -0.2) is 18.7 Å². The highest BCUT2D eigenvalue weighted by Crippen LogP contribution is 2.25. The molecule has 27 heavy (non-hydrogen) atoms. The molecule has 0 radical (unpaired) electrons. The average Bonchev–Trinajstić information content (AvgIpc) is 2.68. The largest absolute Gasteiger partial charge is 0.483 e. The van der Waals surface area contributed by atoms with Gasteiger partial charge in [-0.2, -0.15) is 5.10 Å². The van der Waals surface area contributed by atoms with Crippen LogP contribution < -0.4 is 10.2 Å². The molecule has 0 fully saturated rings. The fourth-order valence-corrected chi connectivity index (χ4v) is 3.08. The molecule has 0 aliphatic rings. The van der Waals surface area contributed by atoms with Gasteiger partial charge in [0, 0.05) is 0 Å². The molecule has 0 aliphatic heterocycles. The SMILES string of the molecule is Cc1ccc(OCC(=O)N/N=C/c2ccc(-c3ccccc3)cc2)c(Br)c1. The van der Waals surface area contributed by atoms with Gasteiger partial charge in [-0.25, -0.2) is 5.43 Å². The Kier molecular flexibility index (Phi) is 6.39. The molecule has 1 amide bonds. The van der Waals surface area contributed by atoms with Crippen LogP contribution in [0.25, 0.3) is 11.1 Å². The summed E-state index contributed by atoms with van der Waals surface area (Å²) in [6.45, 7) is 1.88. The molecular weight excluding hydrogens is 404 g/mol. The maximum atomic E-state index is 11.9. The lowest BCUT2D eigenvalue weighted by atomic mass is 10.0. The highest BCUT2D eigenvalue weighted by atomic mass is 79.9. The summed E-state index contributed by atoms with van der Waals surface area (Å²) < 4.78 is 6.31. The van der Waals surface area contributed by atoms with Gasteiger partial charge in [0.2, 0.25) is 0 Å². The molecule has 3 aromatic carbocycles. The molecule has 136 valence electrons. The molecule has 3 rings (SSSR count). The third kappa shape index (κ3) is 5.53.